The number of halogens is 1. The van der Waals surface area contributed by atoms with Gasteiger partial charge >= 0.3 is 0 Å². The van der Waals surface area contributed by atoms with Crippen molar-refractivity contribution in [3.8, 4) is 23.0 Å². The monoisotopic (exact) mass is 494 g/mol. The van der Waals surface area contributed by atoms with E-state index in [0.29, 0.717) is 53.4 Å². The minimum Gasteiger partial charge on any atom is -0.493 e. The molecule has 0 aliphatic carbocycles. The number of methoxy groups -OCH3 is 1. The van der Waals surface area contributed by atoms with Crippen molar-refractivity contribution < 1.29 is 23.7 Å². The maximum absolute atomic E-state index is 12.5. The molecule has 0 heterocycles. The lowest BCUT2D eigenvalue weighted by Gasteiger charge is -2.12. The minimum atomic E-state index is -0.383. The van der Waals surface area contributed by atoms with Gasteiger partial charge in [0.05, 0.1) is 19.9 Å². The molecule has 7 nitrogen and oxygen atoms in total. The van der Waals surface area contributed by atoms with Crippen molar-refractivity contribution >= 4 is 23.7 Å². The van der Waals surface area contributed by atoms with Gasteiger partial charge in [-0.15, -0.1) is 0 Å². The lowest BCUT2D eigenvalue weighted by atomic mass is 10.2. The SMILES string of the molecule is C=CCOc1ccc(C(=O)N/N=C/c2ccc(OCc3cccc(Cl)c3)c(OC)c2)cc1OCC. The zero-order chi connectivity index (χ0) is 25.0. The van der Waals surface area contributed by atoms with E-state index >= 15 is 0 Å². The van der Waals surface area contributed by atoms with Gasteiger partial charge < -0.3 is 18.9 Å². The van der Waals surface area contributed by atoms with Crippen molar-refractivity contribution in [2.24, 2.45) is 5.10 Å². The van der Waals surface area contributed by atoms with Gasteiger partial charge in [0.1, 0.15) is 13.2 Å². The number of carbonyl (C=O) groups is 1. The van der Waals surface area contributed by atoms with Crippen LogP contribution >= 0.6 is 11.6 Å². The first kappa shape index (κ1) is 25.6. The van der Waals surface area contributed by atoms with Crippen LogP contribution in [0.4, 0.5) is 0 Å². The number of nitrogens with one attached hydrogen (secondary N) is 1. The van der Waals surface area contributed by atoms with Crippen LogP contribution in [0, 0.1) is 0 Å². The molecule has 3 aromatic rings. The summed E-state index contributed by atoms with van der Waals surface area (Å²) in [4.78, 5) is 12.5. The molecule has 35 heavy (non-hydrogen) atoms. The molecule has 0 radical (unpaired) electrons. The number of nitrogens with zero attached hydrogens (tertiary/aromatic N) is 1. The standard InChI is InChI=1S/C27H27ClN2O5/c1-4-13-34-24-12-10-21(16-26(24)33-5-2)27(31)30-29-17-19-9-11-23(25(15-19)32-3)35-18-20-7-6-8-22(28)14-20/h4,6-12,14-17H,1,5,13,18H2,2-3H3,(H,30,31)/b29-17+. The van der Waals surface area contributed by atoms with Crippen LogP contribution in [-0.4, -0.2) is 32.4 Å². The van der Waals surface area contributed by atoms with Crippen LogP contribution in [0.3, 0.4) is 0 Å². The highest BCUT2D eigenvalue weighted by atomic mass is 35.5. The van der Waals surface area contributed by atoms with E-state index in [-0.39, 0.29) is 5.91 Å². The molecular weight excluding hydrogens is 468 g/mol. The van der Waals surface area contributed by atoms with Crippen LogP contribution in [0.1, 0.15) is 28.4 Å². The zero-order valence-corrected chi connectivity index (χ0v) is 20.4. The van der Waals surface area contributed by atoms with Gasteiger partial charge in [-0.05, 0) is 66.6 Å². The number of hydrogen-bond donors (Lipinski definition) is 1. The van der Waals surface area contributed by atoms with Crippen molar-refractivity contribution in [1.29, 1.82) is 0 Å². The summed E-state index contributed by atoms with van der Waals surface area (Å²) >= 11 is 6.02. The Morgan fingerprint density at radius 2 is 1.80 bits per heavy atom. The topological polar surface area (TPSA) is 78.4 Å². The van der Waals surface area contributed by atoms with E-state index in [1.54, 1.807) is 43.5 Å². The predicted molar refractivity (Wildman–Crippen MR) is 137 cm³/mol. The molecule has 0 atom stereocenters. The van der Waals surface area contributed by atoms with E-state index in [0.717, 1.165) is 11.1 Å². The maximum Gasteiger partial charge on any atom is 0.271 e. The number of rotatable bonds is 12. The molecule has 0 unspecified atom stereocenters. The van der Waals surface area contributed by atoms with Crippen LogP contribution < -0.4 is 24.4 Å². The minimum absolute atomic E-state index is 0.337. The van der Waals surface area contributed by atoms with E-state index in [2.05, 4.69) is 17.1 Å². The van der Waals surface area contributed by atoms with Crippen molar-refractivity contribution in [3.63, 3.8) is 0 Å². The Hall–Kier alpha value is -3.97. The van der Waals surface area contributed by atoms with E-state index in [4.69, 9.17) is 30.5 Å². The third kappa shape index (κ3) is 7.52. The number of carbonyl (C=O) groups excluding carboxylic acids is 1. The summed E-state index contributed by atoms with van der Waals surface area (Å²) in [6.07, 6.45) is 3.16. The molecule has 3 aromatic carbocycles. The second-order valence-corrected chi connectivity index (χ2v) is 7.66. The first-order valence-electron chi connectivity index (χ1n) is 10.9. The number of ether oxygens (including phenoxy) is 4. The highest BCUT2D eigenvalue weighted by molar-refractivity contribution is 6.30. The van der Waals surface area contributed by atoms with Gasteiger partial charge in [0.2, 0.25) is 0 Å². The van der Waals surface area contributed by atoms with Crippen LogP contribution in [0.2, 0.25) is 5.02 Å². The highest BCUT2D eigenvalue weighted by Gasteiger charge is 2.11. The van der Waals surface area contributed by atoms with Gasteiger partial charge in [-0.1, -0.05) is 36.4 Å². The maximum atomic E-state index is 12.5. The number of benzene rings is 3. The van der Waals surface area contributed by atoms with Gasteiger partial charge in [-0.25, -0.2) is 5.43 Å². The summed E-state index contributed by atoms with van der Waals surface area (Å²) in [5, 5.41) is 4.70. The molecule has 0 saturated carbocycles. The molecule has 8 heteroatoms. The molecule has 0 saturated heterocycles. The molecular formula is C27H27ClN2O5. The number of amides is 1. The Labute approximate surface area is 209 Å². The van der Waals surface area contributed by atoms with Crippen molar-refractivity contribution in [3.05, 3.63) is 95.0 Å². The smallest absolute Gasteiger partial charge is 0.271 e. The third-order valence-electron chi connectivity index (χ3n) is 4.71. The largest absolute Gasteiger partial charge is 0.493 e. The van der Waals surface area contributed by atoms with Crippen LogP contribution in [0.5, 0.6) is 23.0 Å². The molecule has 0 aromatic heterocycles. The summed E-state index contributed by atoms with van der Waals surface area (Å²) in [7, 11) is 1.56. The molecule has 1 amide bonds. The fourth-order valence-corrected chi connectivity index (χ4v) is 3.30. The number of hydrazone groups is 1. The molecule has 0 bridgehead atoms. The predicted octanol–water partition coefficient (Wildman–Crippen LogP) is 5.66. The summed E-state index contributed by atoms with van der Waals surface area (Å²) < 4.78 is 22.4. The van der Waals surface area contributed by atoms with Crippen molar-refractivity contribution in [2.45, 2.75) is 13.5 Å². The van der Waals surface area contributed by atoms with Gasteiger partial charge in [-0.2, -0.15) is 5.10 Å². The Morgan fingerprint density at radius 3 is 2.54 bits per heavy atom. The quantitative estimate of drug-likeness (QED) is 0.200. The molecule has 0 fully saturated rings. The summed E-state index contributed by atoms with van der Waals surface area (Å²) in [6, 6.07) is 17.7. The summed E-state index contributed by atoms with van der Waals surface area (Å²) in [5.74, 6) is 1.75. The molecule has 1 N–H and O–H groups in total. The van der Waals surface area contributed by atoms with Crippen LogP contribution in [-0.2, 0) is 6.61 Å². The molecule has 182 valence electrons. The normalized spacial score (nSPS) is 10.6. The number of hydrogen-bond acceptors (Lipinski definition) is 6. The average Bonchev–Trinajstić information content (AvgIpc) is 2.87. The summed E-state index contributed by atoms with van der Waals surface area (Å²) in [6.45, 7) is 6.61. The van der Waals surface area contributed by atoms with E-state index in [9.17, 15) is 4.79 Å². The molecule has 0 aliphatic heterocycles. The lowest BCUT2D eigenvalue weighted by molar-refractivity contribution is 0.0954. The first-order chi connectivity index (χ1) is 17.0. The fraction of sp³-hybridized carbons (Fsp3) is 0.185. The second-order valence-electron chi connectivity index (χ2n) is 7.22. The zero-order valence-electron chi connectivity index (χ0n) is 19.6. The van der Waals surface area contributed by atoms with Crippen molar-refractivity contribution in [2.75, 3.05) is 20.3 Å². The van der Waals surface area contributed by atoms with Gasteiger partial charge in [-0.3, -0.25) is 4.79 Å². The van der Waals surface area contributed by atoms with Gasteiger partial charge in [0, 0.05) is 10.6 Å². The van der Waals surface area contributed by atoms with Crippen LogP contribution in [0.15, 0.2) is 78.4 Å². The van der Waals surface area contributed by atoms with Gasteiger partial charge in [0.25, 0.3) is 5.91 Å². The second kappa shape index (κ2) is 13.1. The van der Waals surface area contributed by atoms with E-state index in [1.807, 2.05) is 37.3 Å². The molecule has 3 rings (SSSR count). The fourth-order valence-electron chi connectivity index (χ4n) is 3.09. The Bertz CT molecular complexity index is 1200. The molecule has 0 aliphatic rings. The lowest BCUT2D eigenvalue weighted by Crippen LogP contribution is -2.17. The Balaban J connectivity index is 1.63. The van der Waals surface area contributed by atoms with Crippen LogP contribution in [0.25, 0.3) is 0 Å². The highest BCUT2D eigenvalue weighted by Crippen LogP contribution is 2.29. The van der Waals surface area contributed by atoms with E-state index in [1.165, 1.54) is 6.21 Å². The Morgan fingerprint density at radius 1 is 1.00 bits per heavy atom. The Kier molecular flexibility index (Phi) is 9.57. The van der Waals surface area contributed by atoms with Crippen molar-refractivity contribution in [1.82, 2.24) is 5.43 Å². The van der Waals surface area contributed by atoms with Gasteiger partial charge in [0.15, 0.2) is 23.0 Å². The molecule has 0 spiro atoms. The third-order valence-corrected chi connectivity index (χ3v) is 4.95. The average molecular weight is 495 g/mol. The first-order valence-corrected chi connectivity index (χ1v) is 11.3. The summed E-state index contributed by atoms with van der Waals surface area (Å²) in [5.41, 5.74) is 4.57. The van der Waals surface area contributed by atoms with E-state index < -0.39 is 0 Å².